The van der Waals surface area contributed by atoms with E-state index in [0.29, 0.717) is 58.4 Å². The fraction of sp³-hybridized carbons (Fsp3) is 0.452. The normalized spacial score (nSPS) is 25.4. The van der Waals surface area contributed by atoms with E-state index in [1.807, 2.05) is 35.2 Å². The monoisotopic (exact) mass is 746 g/mol. The van der Waals surface area contributed by atoms with E-state index in [9.17, 15) is 24.4 Å². The number of fused-ring (bicyclic) bond motifs is 4. The van der Waals surface area contributed by atoms with Crippen LogP contribution in [0.15, 0.2) is 54.6 Å². The number of piperidine rings is 3. The van der Waals surface area contributed by atoms with Gasteiger partial charge in [0.15, 0.2) is 0 Å². The molecular formula is C42H43ClN6O5. The molecule has 2 unspecified atom stereocenters. The Morgan fingerprint density at radius 3 is 2.15 bits per heavy atom. The Morgan fingerprint density at radius 1 is 0.870 bits per heavy atom. The molecule has 12 heteroatoms. The Kier molecular flexibility index (Phi) is 9.06. The highest BCUT2D eigenvalue weighted by molar-refractivity contribution is 6.31. The second kappa shape index (κ2) is 14.1. The second-order valence-corrected chi connectivity index (χ2v) is 16.2. The van der Waals surface area contributed by atoms with Crippen LogP contribution in [0.2, 0.25) is 5.02 Å². The Balaban J connectivity index is 0.761. The van der Waals surface area contributed by atoms with Crippen LogP contribution >= 0.6 is 11.6 Å². The van der Waals surface area contributed by atoms with Crippen molar-refractivity contribution in [3.05, 3.63) is 93.0 Å². The minimum Gasteiger partial charge on any atom is -0.490 e. The molecule has 0 saturated carbocycles. The van der Waals surface area contributed by atoms with Crippen molar-refractivity contribution < 1.29 is 23.9 Å². The van der Waals surface area contributed by atoms with Gasteiger partial charge in [-0.05, 0) is 104 Å². The largest absolute Gasteiger partial charge is 0.490 e. The summed E-state index contributed by atoms with van der Waals surface area (Å²) in [5.41, 5.74) is 5.27. The first-order valence-corrected chi connectivity index (χ1v) is 19.7. The number of nitrogens with zero attached hydrogens (tertiary/aromatic N) is 5. The minimum atomic E-state index is -0.733. The van der Waals surface area contributed by atoms with Gasteiger partial charge >= 0.3 is 0 Å². The molecule has 0 aliphatic carbocycles. The number of benzene rings is 3. The van der Waals surface area contributed by atoms with E-state index in [2.05, 4.69) is 33.3 Å². The fourth-order valence-corrected chi connectivity index (χ4v) is 9.99. The van der Waals surface area contributed by atoms with Crippen molar-refractivity contribution in [1.29, 1.82) is 5.26 Å². The highest BCUT2D eigenvalue weighted by atomic mass is 35.5. The van der Waals surface area contributed by atoms with Gasteiger partial charge in [-0.1, -0.05) is 11.6 Å². The number of hydrogen-bond donors (Lipinski definition) is 1. The molecule has 278 valence electrons. The van der Waals surface area contributed by atoms with Gasteiger partial charge in [0.05, 0.1) is 21.7 Å². The van der Waals surface area contributed by atoms with Crippen LogP contribution in [0.4, 0.5) is 5.69 Å². The van der Waals surface area contributed by atoms with Crippen molar-refractivity contribution in [2.75, 3.05) is 31.1 Å². The molecule has 0 spiro atoms. The first-order chi connectivity index (χ1) is 26.2. The molecule has 0 aromatic heterocycles. The maximum atomic E-state index is 13.6. The molecule has 0 radical (unpaired) electrons. The Bertz CT molecular complexity index is 2010. The van der Waals surface area contributed by atoms with Crippen molar-refractivity contribution in [1.82, 2.24) is 20.0 Å². The summed E-state index contributed by atoms with van der Waals surface area (Å²) in [6.07, 6.45) is 7.24. The van der Waals surface area contributed by atoms with Crippen molar-refractivity contribution >= 4 is 40.9 Å². The Hall–Kier alpha value is -4.92. The van der Waals surface area contributed by atoms with Gasteiger partial charge in [-0.25, -0.2) is 0 Å². The number of amides is 4. The van der Waals surface area contributed by atoms with E-state index in [4.69, 9.17) is 16.3 Å². The third kappa shape index (κ3) is 6.29. The van der Waals surface area contributed by atoms with Crippen molar-refractivity contribution in [2.24, 2.45) is 5.92 Å². The number of anilines is 1. The molecule has 3 atom stereocenters. The molecule has 4 saturated heterocycles. The maximum Gasteiger partial charge on any atom is 0.262 e. The molecule has 6 aliphatic rings. The van der Waals surface area contributed by atoms with E-state index < -0.39 is 6.04 Å². The summed E-state index contributed by atoms with van der Waals surface area (Å²) in [4.78, 5) is 60.7. The number of carbonyl (C=O) groups excluding carboxylic acids is 4. The predicted octanol–water partition coefficient (Wildman–Crippen LogP) is 5.53. The quantitative estimate of drug-likeness (QED) is 0.313. The van der Waals surface area contributed by atoms with Crippen LogP contribution < -0.4 is 15.0 Å². The van der Waals surface area contributed by atoms with Gasteiger partial charge in [0.25, 0.3) is 17.7 Å². The molecule has 1 N–H and O–H groups in total. The number of carbonyl (C=O) groups is 4. The highest BCUT2D eigenvalue weighted by Crippen LogP contribution is 2.41. The molecule has 4 amide bonds. The molecule has 2 bridgehead atoms. The van der Waals surface area contributed by atoms with Crippen LogP contribution in [0.25, 0.3) is 0 Å². The standard InChI is InChI=1S/C42H43ClN6O5/c43-37-20-33(10-5-27(37)21-44)54-34-18-31-8-9-32(19-34)48(31)30-6-3-26(4-7-30)40(51)47-14-11-25(12-15-47)22-46-23-28-16-35-36(17-29(28)24-46)42(53)49(41(35)52)38-2-1-13-45-39(38)50/h3-7,10,16-17,20,25,31-32,34,38H,1-2,8-9,11-15,18-19,22-24H2,(H,45,50)/t31?,32?,34?,38-/m1/s1. The first kappa shape index (κ1) is 34.8. The summed E-state index contributed by atoms with van der Waals surface area (Å²) < 4.78 is 6.32. The molecule has 11 nitrogen and oxygen atoms in total. The number of likely N-dealkylation sites (tertiary alicyclic amines) is 1. The summed E-state index contributed by atoms with van der Waals surface area (Å²) >= 11 is 6.24. The van der Waals surface area contributed by atoms with Crippen molar-refractivity contribution in [3.63, 3.8) is 0 Å². The molecular weight excluding hydrogens is 704 g/mol. The average molecular weight is 747 g/mol. The Morgan fingerprint density at radius 2 is 1.54 bits per heavy atom. The topological polar surface area (TPSA) is 126 Å². The lowest BCUT2D eigenvalue weighted by Crippen LogP contribution is -2.52. The first-order valence-electron chi connectivity index (χ1n) is 19.3. The molecule has 4 fully saturated rings. The predicted molar refractivity (Wildman–Crippen MR) is 201 cm³/mol. The van der Waals surface area contributed by atoms with Crippen molar-refractivity contribution in [2.45, 2.75) is 88.7 Å². The molecule has 3 aromatic rings. The zero-order valence-electron chi connectivity index (χ0n) is 30.1. The Labute approximate surface area is 319 Å². The number of ether oxygens (including phenoxy) is 1. The average Bonchev–Trinajstić information content (AvgIpc) is 3.78. The summed E-state index contributed by atoms with van der Waals surface area (Å²) in [5, 5.41) is 12.4. The molecule has 6 aliphatic heterocycles. The number of nitrogens with one attached hydrogen (secondary N) is 1. The minimum absolute atomic E-state index is 0.0772. The lowest BCUT2D eigenvalue weighted by atomic mass is 9.95. The molecule has 9 rings (SSSR count). The fourth-order valence-electron chi connectivity index (χ4n) is 9.78. The van der Waals surface area contributed by atoms with Gasteiger partial charge in [0.2, 0.25) is 5.91 Å². The number of nitriles is 1. The van der Waals surface area contributed by atoms with E-state index >= 15 is 0 Å². The summed E-state index contributed by atoms with van der Waals surface area (Å²) in [6, 6.07) is 19.2. The van der Waals surface area contributed by atoms with Gasteiger partial charge in [0, 0.05) is 81.5 Å². The maximum absolute atomic E-state index is 13.6. The van der Waals surface area contributed by atoms with Gasteiger partial charge in [-0.2, -0.15) is 5.26 Å². The SMILES string of the molecule is N#Cc1ccc(OC2CC3CCC(C2)N3c2ccc(C(=O)N3CCC(CN4Cc5cc6c(cc5C4)C(=O)N([C@@H]4CCCNC4=O)C6=O)CC3)cc2)cc1Cl. The third-order valence-corrected chi connectivity index (χ3v) is 12.8. The number of rotatable bonds is 7. The van der Waals surface area contributed by atoms with Crippen LogP contribution in [-0.2, 0) is 17.9 Å². The number of hydrogen-bond acceptors (Lipinski definition) is 8. The zero-order chi connectivity index (χ0) is 37.1. The van der Waals surface area contributed by atoms with Crippen LogP contribution in [0.1, 0.15) is 99.1 Å². The smallest absolute Gasteiger partial charge is 0.262 e. The summed E-state index contributed by atoms with van der Waals surface area (Å²) in [5.74, 6) is 0.248. The van der Waals surface area contributed by atoms with Crippen LogP contribution in [0.3, 0.4) is 0 Å². The van der Waals surface area contributed by atoms with Gasteiger partial charge in [-0.15, -0.1) is 0 Å². The van der Waals surface area contributed by atoms with Gasteiger partial charge < -0.3 is 19.9 Å². The molecule has 6 heterocycles. The van der Waals surface area contributed by atoms with E-state index in [1.165, 1.54) is 0 Å². The van der Waals surface area contributed by atoms with Gasteiger partial charge in [-0.3, -0.25) is 29.0 Å². The zero-order valence-corrected chi connectivity index (χ0v) is 30.9. The third-order valence-electron chi connectivity index (χ3n) is 12.5. The van der Waals surface area contributed by atoms with E-state index in [-0.39, 0.29) is 29.7 Å². The van der Waals surface area contributed by atoms with Crippen LogP contribution in [0.5, 0.6) is 5.75 Å². The molecule has 3 aromatic carbocycles. The highest BCUT2D eigenvalue weighted by Gasteiger charge is 2.45. The molecule has 54 heavy (non-hydrogen) atoms. The van der Waals surface area contributed by atoms with E-state index in [1.54, 1.807) is 12.1 Å². The van der Waals surface area contributed by atoms with Crippen molar-refractivity contribution in [3.8, 4) is 11.8 Å². The lowest BCUT2D eigenvalue weighted by molar-refractivity contribution is -0.126. The van der Waals surface area contributed by atoms with Crippen LogP contribution in [-0.4, -0.2) is 88.7 Å². The van der Waals surface area contributed by atoms with E-state index in [0.717, 1.165) is 105 Å². The number of imide groups is 1. The second-order valence-electron chi connectivity index (χ2n) is 15.8. The van der Waals surface area contributed by atoms with Gasteiger partial charge in [0.1, 0.15) is 24.0 Å². The summed E-state index contributed by atoms with van der Waals surface area (Å²) in [7, 11) is 0. The lowest BCUT2D eigenvalue weighted by Gasteiger charge is -2.40. The summed E-state index contributed by atoms with van der Waals surface area (Å²) in [6.45, 7) is 4.35. The van der Waals surface area contributed by atoms with Crippen LogP contribution in [0, 0.1) is 17.2 Å². The number of halogens is 1.